The molecule has 0 amide bonds. The van der Waals surface area contributed by atoms with E-state index < -0.39 is 17.7 Å². The van der Waals surface area contributed by atoms with E-state index in [4.69, 9.17) is 10.5 Å². The van der Waals surface area contributed by atoms with Gasteiger partial charge in [0.1, 0.15) is 17.4 Å². The van der Waals surface area contributed by atoms with Crippen LogP contribution in [-0.2, 0) is 10.9 Å². The van der Waals surface area contributed by atoms with Crippen molar-refractivity contribution in [1.82, 2.24) is 19.6 Å². The average molecular weight is 367 g/mol. The lowest BCUT2D eigenvalue weighted by Gasteiger charge is -2.08. The summed E-state index contributed by atoms with van der Waals surface area (Å²) in [5.74, 6) is -1.10. The van der Waals surface area contributed by atoms with E-state index in [0.717, 1.165) is 24.0 Å². The quantitative estimate of drug-likeness (QED) is 0.708. The fraction of sp³-hybridized carbons (Fsp3) is 0.200. The zero-order valence-corrected chi connectivity index (χ0v) is 13.5. The lowest BCUT2D eigenvalue weighted by atomic mass is 10.1. The van der Waals surface area contributed by atoms with Crippen LogP contribution in [-0.4, -0.2) is 39.8 Å². The molecule has 11 heteroatoms. The third-order valence-corrected chi connectivity index (χ3v) is 3.63. The number of nitrogens with two attached hydrogens (primary N) is 1. The molecule has 0 saturated heterocycles. The number of aromatic nitrogens is 4. The minimum atomic E-state index is -4.67. The Hall–Kier alpha value is -3.37. The minimum absolute atomic E-state index is 0.0216. The molecule has 3 rings (SSSR count). The number of anilines is 1. The largest absolute Gasteiger partial charge is 0.480 e. The van der Waals surface area contributed by atoms with Crippen molar-refractivity contribution < 1.29 is 27.4 Å². The summed E-state index contributed by atoms with van der Waals surface area (Å²) in [6, 6.07) is 2.17. The first-order valence-electron chi connectivity index (χ1n) is 7.10. The van der Waals surface area contributed by atoms with Gasteiger partial charge in [0.05, 0.1) is 25.5 Å². The second kappa shape index (κ2) is 6.17. The first-order chi connectivity index (χ1) is 12.3. The molecule has 0 unspecified atom stereocenters. The second-order valence-corrected chi connectivity index (χ2v) is 5.12. The molecule has 3 aromatic heterocycles. The molecule has 0 aromatic carbocycles. The highest BCUT2D eigenvalue weighted by atomic mass is 19.4. The van der Waals surface area contributed by atoms with Crippen molar-refractivity contribution in [3.05, 3.63) is 35.8 Å². The van der Waals surface area contributed by atoms with Crippen molar-refractivity contribution in [2.24, 2.45) is 0 Å². The number of hydrogen-bond donors (Lipinski definition) is 1. The maximum absolute atomic E-state index is 13.4. The highest BCUT2D eigenvalue weighted by molar-refractivity contribution is 5.93. The van der Waals surface area contributed by atoms with Crippen LogP contribution >= 0.6 is 0 Å². The fourth-order valence-corrected chi connectivity index (χ4v) is 2.50. The van der Waals surface area contributed by atoms with Crippen molar-refractivity contribution in [2.75, 3.05) is 20.0 Å². The van der Waals surface area contributed by atoms with E-state index in [1.165, 1.54) is 19.4 Å². The molecule has 0 aliphatic heterocycles. The number of carbonyl (C=O) groups is 1. The van der Waals surface area contributed by atoms with Crippen LogP contribution in [0.1, 0.15) is 15.9 Å². The van der Waals surface area contributed by atoms with Crippen LogP contribution in [0.4, 0.5) is 19.0 Å². The van der Waals surface area contributed by atoms with Gasteiger partial charge in [-0.3, -0.25) is 0 Å². The molecule has 0 fully saturated rings. The Kier molecular flexibility index (Phi) is 4.14. The van der Waals surface area contributed by atoms with Crippen LogP contribution in [0.3, 0.4) is 0 Å². The number of hydrogen-bond acceptors (Lipinski definition) is 7. The van der Waals surface area contributed by atoms with Crippen LogP contribution in [0.15, 0.2) is 24.7 Å². The van der Waals surface area contributed by atoms with Gasteiger partial charge < -0.3 is 15.2 Å². The molecule has 0 bridgehead atoms. The van der Waals surface area contributed by atoms with Gasteiger partial charge in [-0.1, -0.05) is 0 Å². The zero-order valence-electron chi connectivity index (χ0n) is 13.5. The lowest BCUT2D eigenvalue weighted by molar-refractivity contribution is -0.136. The summed E-state index contributed by atoms with van der Waals surface area (Å²) in [4.78, 5) is 19.4. The maximum Gasteiger partial charge on any atom is 0.418 e. The number of halogens is 3. The molecule has 26 heavy (non-hydrogen) atoms. The molecule has 0 saturated carbocycles. The third kappa shape index (κ3) is 2.76. The summed E-state index contributed by atoms with van der Waals surface area (Å²) in [7, 11) is 2.47. The molecule has 0 aliphatic carbocycles. The predicted octanol–water partition coefficient (Wildman–Crippen LogP) is 2.19. The van der Waals surface area contributed by atoms with Crippen molar-refractivity contribution in [3.8, 4) is 17.1 Å². The van der Waals surface area contributed by atoms with Crippen LogP contribution in [0.5, 0.6) is 5.88 Å². The van der Waals surface area contributed by atoms with E-state index in [-0.39, 0.29) is 34.0 Å². The standard InChI is InChI=1S/C15H12F3N5O3/c1-25-13-8(14(24)26-2)3-7(5-20-13)10-4-9(15(16,17)18)11-12(19)21-6-22-23(10)11/h3-6H,1-2H3,(H2,19,21,22). The van der Waals surface area contributed by atoms with Gasteiger partial charge in [0, 0.05) is 11.8 Å². The number of esters is 1. The molecular weight excluding hydrogens is 355 g/mol. The molecule has 0 aliphatic rings. The molecule has 8 nitrogen and oxygen atoms in total. The SMILES string of the molecule is COC(=O)c1cc(-c2cc(C(F)(F)F)c3c(N)ncnn23)cnc1OC. The number of pyridine rings is 1. The first-order valence-corrected chi connectivity index (χ1v) is 7.10. The van der Waals surface area contributed by atoms with Crippen molar-refractivity contribution >= 4 is 17.3 Å². The van der Waals surface area contributed by atoms with Gasteiger partial charge >= 0.3 is 12.1 Å². The number of methoxy groups -OCH3 is 2. The van der Waals surface area contributed by atoms with E-state index >= 15 is 0 Å². The van der Waals surface area contributed by atoms with Gasteiger partial charge in [0.2, 0.25) is 5.88 Å². The number of ether oxygens (including phenoxy) is 2. The van der Waals surface area contributed by atoms with Gasteiger partial charge in [0.25, 0.3) is 0 Å². The summed E-state index contributed by atoms with van der Waals surface area (Å²) < 4.78 is 50.7. The Labute approximate surface area is 144 Å². The van der Waals surface area contributed by atoms with Gasteiger partial charge in [-0.15, -0.1) is 0 Å². The summed E-state index contributed by atoms with van der Waals surface area (Å²) in [6.45, 7) is 0. The molecule has 2 N–H and O–H groups in total. The smallest absolute Gasteiger partial charge is 0.418 e. The molecule has 3 aromatic rings. The van der Waals surface area contributed by atoms with Crippen LogP contribution in [0.2, 0.25) is 0 Å². The van der Waals surface area contributed by atoms with Crippen molar-refractivity contribution in [1.29, 1.82) is 0 Å². The Morgan fingerprint density at radius 1 is 1.23 bits per heavy atom. The number of alkyl halides is 3. The highest BCUT2D eigenvalue weighted by Crippen LogP contribution is 2.38. The minimum Gasteiger partial charge on any atom is -0.480 e. The topological polar surface area (TPSA) is 105 Å². The number of nitrogens with zero attached hydrogens (tertiary/aromatic N) is 4. The number of rotatable bonds is 3. The van der Waals surface area contributed by atoms with Gasteiger partial charge in [-0.25, -0.2) is 19.3 Å². The van der Waals surface area contributed by atoms with Crippen LogP contribution in [0.25, 0.3) is 16.8 Å². The molecule has 136 valence electrons. The molecule has 0 spiro atoms. The molecule has 0 atom stereocenters. The van der Waals surface area contributed by atoms with E-state index in [2.05, 4.69) is 19.8 Å². The Morgan fingerprint density at radius 3 is 2.58 bits per heavy atom. The Morgan fingerprint density at radius 2 is 1.96 bits per heavy atom. The molecular formula is C15H12F3N5O3. The monoisotopic (exact) mass is 367 g/mol. The van der Waals surface area contributed by atoms with Crippen LogP contribution < -0.4 is 10.5 Å². The maximum atomic E-state index is 13.4. The highest BCUT2D eigenvalue weighted by Gasteiger charge is 2.36. The average Bonchev–Trinajstić information content (AvgIpc) is 3.02. The van der Waals surface area contributed by atoms with Gasteiger partial charge in [-0.05, 0) is 12.1 Å². The van der Waals surface area contributed by atoms with E-state index in [9.17, 15) is 18.0 Å². The first kappa shape index (κ1) is 17.5. The summed E-state index contributed by atoms with van der Waals surface area (Å²) in [5.41, 5.74) is 4.40. The van der Waals surface area contributed by atoms with Crippen molar-refractivity contribution in [2.45, 2.75) is 6.18 Å². The van der Waals surface area contributed by atoms with Gasteiger partial charge in [-0.2, -0.15) is 18.3 Å². The van der Waals surface area contributed by atoms with Crippen LogP contribution in [0, 0.1) is 0 Å². The van der Waals surface area contributed by atoms with E-state index in [1.807, 2.05) is 0 Å². The zero-order chi connectivity index (χ0) is 19.1. The van der Waals surface area contributed by atoms with Gasteiger partial charge in [0.15, 0.2) is 5.82 Å². The summed E-state index contributed by atoms with van der Waals surface area (Å²) in [6.07, 6.45) is -2.39. The number of carbonyl (C=O) groups excluding carboxylic acids is 1. The molecule has 0 radical (unpaired) electrons. The lowest BCUT2D eigenvalue weighted by Crippen LogP contribution is -2.07. The Balaban J connectivity index is 2.30. The van der Waals surface area contributed by atoms with E-state index in [1.54, 1.807) is 0 Å². The van der Waals surface area contributed by atoms with E-state index in [0.29, 0.717) is 0 Å². The Bertz CT molecular complexity index is 1000. The normalized spacial score (nSPS) is 11.6. The molecule has 3 heterocycles. The number of nitrogen functional groups attached to an aromatic ring is 1. The second-order valence-electron chi connectivity index (χ2n) is 5.12. The van der Waals surface area contributed by atoms with Crippen molar-refractivity contribution in [3.63, 3.8) is 0 Å². The summed E-state index contributed by atoms with van der Waals surface area (Å²) >= 11 is 0. The third-order valence-electron chi connectivity index (χ3n) is 3.63. The fourth-order valence-electron chi connectivity index (χ4n) is 2.50. The summed E-state index contributed by atoms with van der Waals surface area (Å²) in [5, 5.41) is 3.84. The number of fused-ring (bicyclic) bond motifs is 1. The predicted molar refractivity (Wildman–Crippen MR) is 83.5 cm³/mol.